The van der Waals surface area contributed by atoms with Gasteiger partial charge in [0.05, 0.1) is 37.7 Å². The number of anilines is 1. The van der Waals surface area contributed by atoms with Gasteiger partial charge in [-0.15, -0.1) is 0 Å². The summed E-state index contributed by atoms with van der Waals surface area (Å²) >= 11 is 0. The van der Waals surface area contributed by atoms with E-state index in [0.717, 1.165) is 17.1 Å². The zero-order valence-corrected chi connectivity index (χ0v) is 24.7. The standard InChI is InChI=1S/C31H34F3N5O6/c1-3-4-26(17-5-7-24(30(41)42)25(35)11-17)37-31(43)39-16-28(38-45-23-13-21(33)12-22(34)14-23)36-15-19(29(39)40)9-18-10-20(32)6-8-27(18)44-2/h5-8,10-13,19,23,26H,3-4,9,14-16,35H2,1-2H3,(H,36,38)(H,37,43)(H,41,42)/t19-,23?,26-/m1/s1. The number of carboxylic acid groups (broad SMARTS) is 1. The Balaban J connectivity index is 1.60. The van der Waals surface area contributed by atoms with Gasteiger partial charge in [0.1, 0.15) is 35.2 Å². The number of amides is 3. The number of nitrogens with one attached hydrogen (secondary N) is 2. The van der Waals surface area contributed by atoms with Crippen molar-refractivity contribution in [3.8, 4) is 5.75 Å². The summed E-state index contributed by atoms with van der Waals surface area (Å²) in [7, 11) is 1.41. The van der Waals surface area contributed by atoms with Crippen LogP contribution in [0.15, 0.2) is 65.2 Å². The number of nitrogens with two attached hydrogens (primary N) is 1. The van der Waals surface area contributed by atoms with Gasteiger partial charge in [0.2, 0.25) is 5.91 Å². The fraction of sp³-hybridized carbons (Fsp3) is 0.355. The van der Waals surface area contributed by atoms with Gasteiger partial charge in [-0.1, -0.05) is 19.4 Å². The third-order valence-corrected chi connectivity index (χ3v) is 7.33. The molecule has 3 amide bonds. The highest BCUT2D eigenvalue weighted by Gasteiger charge is 2.34. The summed E-state index contributed by atoms with van der Waals surface area (Å²) in [4.78, 5) is 49.8. The normalized spacial score (nSPS) is 19.1. The lowest BCUT2D eigenvalue weighted by molar-refractivity contribution is -0.131. The van der Waals surface area contributed by atoms with Gasteiger partial charge in [-0.25, -0.2) is 22.8 Å². The van der Waals surface area contributed by atoms with Crippen LogP contribution in [0, 0.1) is 11.7 Å². The van der Waals surface area contributed by atoms with Crippen LogP contribution in [0.3, 0.4) is 0 Å². The highest BCUT2D eigenvalue weighted by atomic mass is 19.1. The number of hydrogen-bond acceptors (Lipinski definition) is 8. The predicted molar refractivity (Wildman–Crippen MR) is 159 cm³/mol. The first-order valence-electron chi connectivity index (χ1n) is 14.2. The lowest BCUT2D eigenvalue weighted by Gasteiger charge is -2.27. The number of benzene rings is 2. The van der Waals surface area contributed by atoms with E-state index in [1.807, 2.05) is 6.92 Å². The van der Waals surface area contributed by atoms with E-state index in [9.17, 15) is 32.7 Å². The number of allylic oxidation sites excluding steroid dienone is 2. The van der Waals surface area contributed by atoms with E-state index in [2.05, 4.69) is 15.8 Å². The molecule has 45 heavy (non-hydrogen) atoms. The molecule has 0 saturated heterocycles. The molecule has 0 bridgehead atoms. The molecule has 1 aliphatic heterocycles. The fourth-order valence-electron chi connectivity index (χ4n) is 5.09. The number of nitrogen functional groups attached to an aromatic ring is 1. The van der Waals surface area contributed by atoms with E-state index >= 15 is 0 Å². The van der Waals surface area contributed by atoms with Crippen molar-refractivity contribution in [1.82, 2.24) is 15.7 Å². The number of aromatic carboxylic acids is 1. The van der Waals surface area contributed by atoms with Crippen LogP contribution < -0.4 is 21.3 Å². The number of carbonyl (C=O) groups is 3. The first-order valence-corrected chi connectivity index (χ1v) is 14.2. The van der Waals surface area contributed by atoms with Crippen LogP contribution in [-0.2, 0) is 16.1 Å². The van der Waals surface area contributed by atoms with Gasteiger partial charge in [0, 0.05) is 18.2 Å². The summed E-state index contributed by atoms with van der Waals surface area (Å²) in [5.74, 6) is -4.42. The van der Waals surface area contributed by atoms with Crippen LogP contribution in [0.1, 0.15) is 53.7 Å². The third kappa shape index (κ3) is 8.41. The third-order valence-electron chi connectivity index (χ3n) is 7.33. The summed E-state index contributed by atoms with van der Waals surface area (Å²) in [6.07, 6.45) is 1.61. The molecule has 1 unspecified atom stereocenters. The SMILES string of the molecule is CCC[C@@H](NC(=O)N1CC(NOC2C=C(F)C=C(F)C2)=NC[C@@H](Cc2cc(F)ccc2OC)C1=O)c1ccc(C(=O)O)c(N)c1. The van der Waals surface area contributed by atoms with Crippen LogP contribution in [0.5, 0.6) is 5.75 Å². The zero-order chi connectivity index (χ0) is 32.7. The van der Waals surface area contributed by atoms with Crippen molar-refractivity contribution in [1.29, 1.82) is 0 Å². The molecule has 4 rings (SSSR count). The van der Waals surface area contributed by atoms with Gasteiger partial charge < -0.3 is 20.9 Å². The number of amidine groups is 1. The number of methoxy groups -OCH3 is 1. The number of carboxylic acids is 1. The quantitative estimate of drug-likeness (QED) is 0.217. The number of ether oxygens (including phenoxy) is 1. The number of hydroxylamine groups is 1. The maximum absolute atomic E-state index is 14.1. The Hall–Kier alpha value is -4.85. The molecule has 3 atom stereocenters. The molecule has 1 aliphatic carbocycles. The lowest BCUT2D eigenvalue weighted by Crippen LogP contribution is -2.50. The minimum Gasteiger partial charge on any atom is -0.496 e. The van der Waals surface area contributed by atoms with Gasteiger partial charge in [-0.05, 0) is 60.4 Å². The average Bonchev–Trinajstić information content (AvgIpc) is 3.13. The second-order valence-electron chi connectivity index (χ2n) is 10.6. The van der Waals surface area contributed by atoms with Crippen LogP contribution >= 0.6 is 0 Å². The molecule has 0 saturated carbocycles. The molecule has 0 aromatic heterocycles. The van der Waals surface area contributed by atoms with Gasteiger partial charge >= 0.3 is 12.0 Å². The van der Waals surface area contributed by atoms with Crippen molar-refractivity contribution in [3.63, 3.8) is 0 Å². The highest BCUT2D eigenvalue weighted by Crippen LogP contribution is 2.27. The summed E-state index contributed by atoms with van der Waals surface area (Å²) < 4.78 is 46.9. The lowest BCUT2D eigenvalue weighted by atomic mass is 9.97. The topological polar surface area (TPSA) is 156 Å². The smallest absolute Gasteiger partial charge is 0.337 e. The number of rotatable bonds is 10. The molecule has 0 spiro atoms. The van der Waals surface area contributed by atoms with Crippen LogP contribution in [-0.4, -0.2) is 60.1 Å². The Morgan fingerprint density at radius 3 is 2.64 bits per heavy atom. The van der Waals surface area contributed by atoms with Crippen molar-refractivity contribution in [2.75, 3.05) is 25.9 Å². The van der Waals surface area contributed by atoms with Crippen molar-refractivity contribution in [2.24, 2.45) is 10.9 Å². The molecule has 2 aromatic rings. The molecule has 2 aliphatic rings. The van der Waals surface area contributed by atoms with Gasteiger partial charge in [-0.2, -0.15) is 0 Å². The monoisotopic (exact) mass is 629 g/mol. The molecule has 2 aromatic carbocycles. The zero-order valence-electron chi connectivity index (χ0n) is 24.7. The number of hydrogen-bond donors (Lipinski definition) is 4. The van der Waals surface area contributed by atoms with Gasteiger partial charge in [0.25, 0.3) is 0 Å². The molecule has 0 fully saturated rings. The Morgan fingerprint density at radius 2 is 1.98 bits per heavy atom. The number of imide groups is 1. The number of halogens is 3. The first-order chi connectivity index (χ1) is 21.5. The van der Waals surface area contributed by atoms with E-state index in [1.54, 1.807) is 0 Å². The molecular formula is C31H34F3N5O6. The molecule has 5 N–H and O–H groups in total. The Kier molecular flexibility index (Phi) is 10.8. The minimum absolute atomic E-state index is 0.0144. The predicted octanol–water partition coefficient (Wildman–Crippen LogP) is 4.77. The maximum atomic E-state index is 14.1. The maximum Gasteiger partial charge on any atom is 0.337 e. The van der Waals surface area contributed by atoms with Crippen LogP contribution in [0.2, 0.25) is 0 Å². The van der Waals surface area contributed by atoms with Gasteiger partial charge in [-0.3, -0.25) is 25.0 Å². The summed E-state index contributed by atoms with van der Waals surface area (Å²) in [5.41, 5.74) is 9.33. The number of nitrogens with zero attached hydrogens (tertiary/aromatic N) is 2. The largest absolute Gasteiger partial charge is 0.496 e. The van der Waals surface area contributed by atoms with Gasteiger partial charge in [0.15, 0.2) is 0 Å². The first kappa shape index (κ1) is 33.1. The van der Waals surface area contributed by atoms with E-state index in [0.29, 0.717) is 29.7 Å². The van der Waals surface area contributed by atoms with Crippen LogP contribution in [0.4, 0.5) is 23.7 Å². The molecule has 14 heteroatoms. The van der Waals surface area contributed by atoms with Crippen molar-refractivity contribution >= 4 is 29.4 Å². The van der Waals surface area contributed by atoms with E-state index in [-0.39, 0.29) is 43.0 Å². The Bertz CT molecular complexity index is 1550. The van der Waals surface area contributed by atoms with E-state index < -0.39 is 53.4 Å². The van der Waals surface area contributed by atoms with Crippen molar-refractivity contribution in [3.05, 3.63) is 82.7 Å². The number of urea groups is 1. The molecular weight excluding hydrogens is 595 g/mol. The second kappa shape index (κ2) is 14.8. The molecule has 1 heterocycles. The van der Waals surface area contributed by atoms with E-state index in [4.69, 9.17) is 15.3 Å². The number of aliphatic imine (C=N–C) groups is 1. The Morgan fingerprint density at radius 1 is 1.20 bits per heavy atom. The molecule has 240 valence electrons. The Labute approximate surface area is 257 Å². The summed E-state index contributed by atoms with van der Waals surface area (Å²) in [5, 5.41) is 12.2. The summed E-state index contributed by atoms with van der Waals surface area (Å²) in [6, 6.07) is 6.80. The average molecular weight is 630 g/mol. The summed E-state index contributed by atoms with van der Waals surface area (Å²) in [6.45, 7) is 1.39. The van der Waals surface area contributed by atoms with Crippen molar-refractivity contribution in [2.45, 2.75) is 44.8 Å². The molecule has 11 nitrogen and oxygen atoms in total. The minimum atomic E-state index is -1.20. The van der Waals surface area contributed by atoms with Crippen LogP contribution in [0.25, 0.3) is 0 Å². The van der Waals surface area contributed by atoms with Crippen molar-refractivity contribution < 1.29 is 42.2 Å². The molecule has 0 radical (unpaired) electrons. The fourth-order valence-corrected chi connectivity index (χ4v) is 5.09. The second-order valence-corrected chi connectivity index (χ2v) is 10.6. The highest BCUT2D eigenvalue weighted by molar-refractivity contribution is 6.01. The van der Waals surface area contributed by atoms with E-state index in [1.165, 1.54) is 43.5 Å². The number of carbonyl (C=O) groups excluding carboxylic acids is 2.